The molecule has 0 aliphatic carbocycles. The molecule has 1 amide bonds. The largest absolute Gasteiger partial charge is 0.340 e. The zero-order valence-electron chi connectivity index (χ0n) is 12.0. The molecule has 0 saturated carbocycles. The van der Waals surface area contributed by atoms with Crippen molar-refractivity contribution in [3.63, 3.8) is 0 Å². The zero-order valence-corrected chi connectivity index (χ0v) is 13.6. The molecule has 1 fully saturated rings. The first-order chi connectivity index (χ1) is 9.84. The average molecular weight is 325 g/mol. The molecule has 1 aromatic carbocycles. The van der Waals surface area contributed by atoms with Crippen molar-refractivity contribution in [1.82, 2.24) is 10.2 Å². The van der Waals surface area contributed by atoms with Crippen LogP contribution in [0.2, 0.25) is 0 Å². The third kappa shape index (κ3) is 3.96. The van der Waals surface area contributed by atoms with E-state index in [2.05, 4.69) is 35.0 Å². The van der Waals surface area contributed by atoms with E-state index in [9.17, 15) is 4.79 Å². The van der Waals surface area contributed by atoms with E-state index in [4.69, 9.17) is 0 Å². The minimum absolute atomic E-state index is 0. The molecule has 3 rings (SSSR count). The molecule has 0 unspecified atom stereocenters. The highest BCUT2D eigenvalue weighted by atomic mass is 35.5. The number of rotatable bonds is 4. The molecule has 1 aromatic heterocycles. The molecular formula is C16H21ClN2OS. The Morgan fingerprint density at radius 3 is 2.81 bits per heavy atom. The molecule has 1 aliphatic rings. The number of halogens is 1. The molecule has 114 valence electrons. The third-order valence-electron chi connectivity index (χ3n) is 3.87. The minimum Gasteiger partial charge on any atom is -0.340 e. The van der Waals surface area contributed by atoms with Gasteiger partial charge in [-0.2, -0.15) is 0 Å². The van der Waals surface area contributed by atoms with Gasteiger partial charge in [-0.25, -0.2) is 0 Å². The summed E-state index contributed by atoms with van der Waals surface area (Å²) in [6, 6.07) is 8.51. The van der Waals surface area contributed by atoms with Gasteiger partial charge in [-0.1, -0.05) is 18.2 Å². The van der Waals surface area contributed by atoms with Crippen molar-refractivity contribution in [1.29, 1.82) is 0 Å². The number of hydrogen-bond acceptors (Lipinski definition) is 3. The number of aryl methyl sites for hydroxylation is 1. The first kappa shape index (κ1) is 16.3. The fourth-order valence-electron chi connectivity index (χ4n) is 2.73. The number of piperazine rings is 1. The zero-order chi connectivity index (χ0) is 13.8. The van der Waals surface area contributed by atoms with E-state index in [1.807, 2.05) is 4.90 Å². The summed E-state index contributed by atoms with van der Waals surface area (Å²) in [5.41, 5.74) is 1.39. The number of fused-ring (bicyclic) bond motifs is 1. The number of carbonyl (C=O) groups excluding carboxylic acids is 1. The number of carbonyl (C=O) groups is 1. The summed E-state index contributed by atoms with van der Waals surface area (Å²) in [5.74, 6) is 0.311. The Bertz CT molecular complexity index is 593. The molecule has 1 N–H and O–H groups in total. The predicted molar refractivity (Wildman–Crippen MR) is 91.5 cm³/mol. The maximum atomic E-state index is 12.1. The van der Waals surface area contributed by atoms with Gasteiger partial charge in [-0.3, -0.25) is 4.79 Å². The van der Waals surface area contributed by atoms with Crippen LogP contribution >= 0.6 is 23.7 Å². The van der Waals surface area contributed by atoms with Crippen LogP contribution in [0.25, 0.3) is 10.1 Å². The van der Waals surface area contributed by atoms with Crippen molar-refractivity contribution in [3.05, 3.63) is 35.2 Å². The molecule has 1 aliphatic heterocycles. The van der Waals surface area contributed by atoms with Crippen LogP contribution in [-0.2, 0) is 11.2 Å². The highest BCUT2D eigenvalue weighted by Gasteiger charge is 2.15. The number of thiophene rings is 1. The summed E-state index contributed by atoms with van der Waals surface area (Å²) in [7, 11) is 0. The van der Waals surface area contributed by atoms with Crippen LogP contribution in [0.4, 0.5) is 0 Å². The fourth-order valence-corrected chi connectivity index (χ4v) is 3.73. The van der Waals surface area contributed by atoms with Gasteiger partial charge in [0, 0.05) is 37.3 Å². The summed E-state index contributed by atoms with van der Waals surface area (Å²) in [5, 5.41) is 6.87. The van der Waals surface area contributed by atoms with Crippen LogP contribution in [0.5, 0.6) is 0 Å². The second kappa shape index (κ2) is 7.78. The third-order valence-corrected chi connectivity index (χ3v) is 4.88. The molecule has 0 atom stereocenters. The second-order valence-electron chi connectivity index (χ2n) is 5.24. The normalized spacial score (nSPS) is 15.0. The summed E-state index contributed by atoms with van der Waals surface area (Å²) < 4.78 is 1.34. The van der Waals surface area contributed by atoms with Gasteiger partial charge in [0.1, 0.15) is 0 Å². The molecule has 3 nitrogen and oxygen atoms in total. The van der Waals surface area contributed by atoms with Gasteiger partial charge < -0.3 is 10.2 Å². The first-order valence-electron chi connectivity index (χ1n) is 7.28. The summed E-state index contributed by atoms with van der Waals surface area (Å²) in [4.78, 5) is 14.1. The predicted octanol–water partition coefficient (Wildman–Crippen LogP) is 3.08. The molecule has 1 saturated heterocycles. The Morgan fingerprint density at radius 1 is 1.24 bits per heavy atom. The van der Waals surface area contributed by atoms with E-state index < -0.39 is 0 Å². The van der Waals surface area contributed by atoms with Crippen LogP contribution in [0.1, 0.15) is 18.4 Å². The fraction of sp³-hybridized carbons (Fsp3) is 0.438. The molecule has 0 spiro atoms. The van der Waals surface area contributed by atoms with Crippen LogP contribution in [0.3, 0.4) is 0 Å². The van der Waals surface area contributed by atoms with E-state index in [1.54, 1.807) is 11.3 Å². The Morgan fingerprint density at radius 2 is 2.00 bits per heavy atom. The first-order valence-corrected chi connectivity index (χ1v) is 8.16. The average Bonchev–Trinajstić information content (AvgIpc) is 2.92. The molecular weight excluding hydrogens is 304 g/mol. The van der Waals surface area contributed by atoms with E-state index in [-0.39, 0.29) is 12.4 Å². The van der Waals surface area contributed by atoms with E-state index >= 15 is 0 Å². The lowest BCUT2D eigenvalue weighted by Gasteiger charge is -2.27. The molecule has 2 aromatic rings. The molecule has 2 heterocycles. The summed E-state index contributed by atoms with van der Waals surface area (Å²) in [6.45, 7) is 3.59. The van der Waals surface area contributed by atoms with E-state index in [0.29, 0.717) is 12.3 Å². The minimum atomic E-state index is 0. The van der Waals surface area contributed by atoms with Crippen LogP contribution in [0.15, 0.2) is 29.6 Å². The van der Waals surface area contributed by atoms with Gasteiger partial charge in [-0.05, 0) is 35.2 Å². The topological polar surface area (TPSA) is 32.3 Å². The number of benzene rings is 1. The number of hydrogen-bond donors (Lipinski definition) is 1. The quantitative estimate of drug-likeness (QED) is 0.937. The lowest BCUT2D eigenvalue weighted by Crippen LogP contribution is -2.46. The van der Waals surface area contributed by atoms with Crippen molar-refractivity contribution in [2.45, 2.75) is 19.3 Å². The number of amides is 1. The van der Waals surface area contributed by atoms with Crippen LogP contribution in [-0.4, -0.2) is 37.0 Å². The lowest BCUT2D eigenvalue weighted by atomic mass is 10.1. The van der Waals surface area contributed by atoms with Crippen molar-refractivity contribution in [2.24, 2.45) is 0 Å². The Balaban J connectivity index is 0.00000161. The Kier molecular flexibility index (Phi) is 6.03. The van der Waals surface area contributed by atoms with Gasteiger partial charge in [0.05, 0.1) is 0 Å². The van der Waals surface area contributed by atoms with Crippen molar-refractivity contribution < 1.29 is 4.79 Å². The summed E-state index contributed by atoms with van der Waals surface area (Å²) >= 11 is 1.80. The standard InChI is InChI=1S/C16H20N2OS.ClH/c19-16(18-10-8-17-9-11-18)7-3-4-13-12-20-15-6-2-1-5-14(13)15;/h1-2,5-6,12,17H,3-4,7-11H2;1H. The van der Waals surface area contributed by atoms with Crippen molar-refractivity contribution in [2.75, 3.05) is 26.2 Å². The Hall–Kier alpha value is -1.10. The maximum absolute atomic E-state index is 12.1. The van der Waals surface area contributed by atoms with Crippen molar-refractivity contribution in [3.8, 4) is 0 Å². The van der Waals surface area contributed by atoms with Crippen LogP contribution < -0.4 is 5.32 Å². The van der Waals surface area contributed by atoms with Gasteiger partial charge in [-0.15, -0.1) is 23.7 Å². The highest BCUT2D eigenvalue weighted by Crippen LogP contribution is 2.26. The monoisotopic (exact) mass is 324 g/mol. The molecule has 5 heteroatoms. The highest BCUT2D eigenvalue weighted by molar-refractivity contribution is 7.17. The van der Waals surface area contributed by atoms with Crippen LogP contribution in [0, 0.1) is 0 Å². The van der Waals surface area contributed by atoms with E-state index in [1.165, 1.54) is 15.6 Å². The van der Waals surface area contributed by atoms with Gasteiger partial charge in [0.25, 0.3) is 0 Å². The molecule has 21 heavy (non-hydrogen) atoms. The SMILES string of the molecule is Cl.O=C(CCCc1csc2ccccc12)N1CCNCC1. The summed E-state index contributed by atoms with van der Waals surface area (Å²) in [6.07, 6.45) is 2.62. The van der Waals surface area contributed by atoms with E-state index in [0.717, 1.165) is 39.0 Å². The molecule has 0 bridgehead atoms. The second-order valence-corrected chi connectivity index (χ2v) is 6.15. The maximum Gasteiger partial charge on any atom is 0.222 e. The smallest absolute Gasteiger partial charge is 0.222 e. The molecule has 0 radical (unpaired) electrons. The van der Waals surface area contributed by atoms with Gasteiger partial charge in [0.2, 0.25) is 5.91 Å². The van der Waals surface area contributed by atoms with Gasteiger partial charge >= 0.3 is 0 Å². The Labute approximate surface area is 135 Å². The lowest BCUT2D eigenvalue weighted by molar-refractivity contribution is -0.131. The number of nitrogens with one attached hydrogen (secondary N) is 1. The number of nitrogens with zero attached hydrogens (tertiary/aromatic N) is 1. The van der Waals surface area contributed by atoms with Crippen molar-refractivity contribution >= 4 is 39.7 Å². The van der Waals surface area contributed by atoms with Gasteiger partial charge in [0.15, 0.2) is 0 Å².